The van der Waals surface area contributed by atoms with Crippen LogP contribution in [0.3, 0.4) is 0 Å². The number of benzene rings is 9. The molecule has 2 heterocycles. The maximum atomic E-state index is 6.35. The van der Waals surface area contributed by atoms with Gasteiger partial charge in [-0.3, -0.25) is 0 Å². The number of furan rings is 2. The minimum absolute atomic E-state index is 0.169. The van der Waals surface area contributed by atoms with Gasteiger partial charge in [-0.1, -0.05) is 153 Å². The summed E-state index contributed by atoms with van der Waals surface area (Å²) in [5.41, 5.74) is 19.0. The van der Waals surface area contributed by atoms with Crippen LogP contribution in [0.2, 0.25) is 0 Å². The summed E-state index contributed by atoms with van der Waals surface area (Å²) < 4.78 is 12.6. The predicted octanol–water partition coefficient (Wildman–Crippen LogP) is 15.6. The van der Waals surface area contributed by atoms with E-state index in [1.807, 2.05) is 24.3 Å². The molecular formula is C58H39NO2. The van der Waals surface area contributed by atoms with Crippen molar-refractivity contribution in [2.45, 2.75) is 24.7 Å². The Kier molecular flexibility index (Phi) is 6.99. The Hall–Kier alpha value is -7.62. The van der Waals surface area contributed by atoms with Crippen molar-refractivity contribution in [2.75, 3.05) is 4.90 Å². The molecule has 61 heavy (non-hydrogen) atoms. The van der Waals surface area contributed by atoms with Crippen molar-refractivity contribution in [3.05, 3.63) is 234 Å². The zero-order chi connectivity index (χ0) is 40.5. The molecule has 0 radical (unpaired) electrons. The molecule has 0 aliphatic heterocycles. The summed E-state index contributed by atoms with van der Waals surface area (Å²) in [6.07, 6.45) is 0. The molecule has 0 unspecified atom stereocenters. The minimum Gasteiger partial charge on any atom is -0.456 e. The summed E-state index contributed by atoms with van der Waals surface area (Å²) in [6, 6.07) is 73.2. The lowest BCUT2D eigenvalue weighted by atomic mass is 9.55. The first-order chi connectivity index (χ1) is 30.0. The van der Waals surface area contributed by atoms with Crippen LogP contribution in [0.5, 0.6) is 0 Å². The van der Waals surface area contributed by atoms with Crippen LogP contribution in [0.25, 0.3) is 66.1 Å². The molecule has 0 fully saturated rings. The van der Waals surface area contributed by atoms with Gasteiger partial charge in [-0.2, -0.15) is 0 Å². The largest absolute Gasteiger partial charge is 0.456 e. The van der Waals surface area contributed by atoms with Crippen LogP contribution >= 0.6 is 0 Å². The van der Waals surface area contributed by atoms with Gasteiger partial charge in [0.2, 0.25) is 0 Å². The fourth-order valence-electron chi connectivity index (χ4n) is 11.1. The van der Waals surface area contributed by atoms with Crippen molar-refractivity contribution in [2.24, 2.45) is 0 Å². The monoisotopic (exact) mass is 781 g/mol. The Balaban J connectivity index is 1.05. The second-order valence-corrected chi connectivity index (χ2v) is 17.2. The van der Waals surface area contributed by atoms with Crippen molar-refractivity contribution in [3.63, 3.8) is 0 Å². The second-order valence-electron chi connectivity index (χ2n) is 17.2. The lowest BCUT2D eigenvalue weighted by Gasteiger charge is -2.46. The molecule has 3 nitrogen and oxygen atoms in total. The van der Waals surface area contributed by atoms with Gasteiger partial charge in [0.1, 0.15) is 22.3 Å². The van der Waals surface area contributed by atoms with Gasteiger partial charge in [0.15, 0.2) is 0 Å². The van der Waals surface area contributed by atoms with Crippen LogP contribution in [0.1, 0.15) is 47.2 Å². The van der Waals surface area contributed by atoms with E-state index in [-0.39, 0.29) is 5.41 Å². The van der Waals surface area contributed by atoms with Crippen LogP contribution in [0, 0.1) is 0 Å². The third-order valence-corrected chi connectivity index (χ3v) is 13.8. The van der Waals surface area contributed by atoms with Gasteiger partial charge >= 0.3 is 0 Å². The average molecular weight is 782 g/mol. The van der Waals surface area contributed by atoms with Gasteiger partial charge < -0.3 is 13.7 Å². The molecule has 13 rings (SSSR count). The van der Waals surface area contributed by atoms with E-state index in [1.54, 1.807) is 0 Å². The van der Waals surface area contributed by atoms with Gasteiger partial charge in [0, 0.05) is 44.0 Å². The van der Waals surface area contributed by atoms with E-state index >= 15 is 0 Å². The molecule has 0 atom stereocenters. The molecule has 0 saturated carbocycles. The lowest BCUT2D eigenvalue weighted by Crippen LogP contribution is -2.40. The van der Waals surface area contributed by atoms with Crippen molar-refractivity contribution in [3.8, 4) is 22.3 Å². The molecule has 0 saturated heterocycles. The zero-order valence-corrected chi connectivity index (χ0v) is 33.8. The van der Waals surface area contributed by atoms with E-state index in [1.165, 1.54) is 44.5 Å². The molecule has 11 aromatic rings. The highest BCUT2D eigenvalue weighted by molar-refractivity contribution is 6.12. The number of para-hydroxylation sites is 2. The molecule has 288 valence electrons. The Morgan fingerprint density at radius 2 is 0.852 bits per heavy atom. The van der Waals surface area contributed by atoms with Crippen molar-refractivity contribution < 1.29 is 8.83 Å². The third kappa shape index (κ3) is 4.63. The van der Waals surface area contributed by atoms with Gasteiger partial charge in [0.05, 0.1) is 5.41 Å². The highest BCUT2D eigenvalue weighted by Gasteiger charge is 2.53. The van der Waals surface area contributed by atoms with Crippen molar-refractivity contribution >= 4 is 60.9 Å². The van der Waals surface area contributed by atoms with Crippen LogP contribution in [-0.4, -0.2) is 0 Å². The Morgan fingerprint density at radius 3 is 1.61 bits per heavy atom. The van der Waals surface area contributed by atoms with Crippen molar-refractivity contribution in [1.82, 2.24) is 0 Å². The topological polar surface area (TPSA) is 29.5 Å². The predicted molar refractivity (Wildman–Crippen MR) is 251 cm³/mol. The van der Waals surface area contributed by atoms with E-state index in [2.05, 4.69) is 195 Å². The quantitative estimate of drug-likeness (QED) is 0.178. The highest BCUT2D eigenvalue weighted by Crippen LogP contribution is 2.62. The summed E-state index contributed by atoms with van der Waals surface area (Å²) in [6.45, 7) is 4.76. The van der Waals surface area contributed by atoms with Crippen LogP contribution in [-0.2, 0) is 10.8 Å². The highest BCUT2D eigenvalue weighted by atomic mass is 16.3. The first-order valence-corrected chi connectivity index (χ1v) is 21.2. The SMILES string of the molecule is CC1(C)c2ccccc2C2(c3ccccc3-c3ccc(N(c4ccc(-c5cccc6oc7ccccc7c56)cc4)c4ccc5oc6ccccc6c5c4)cc32)c2ccccc21. The van der Waals surface area contributed by atoms with Crippen LogP contribution in [0.15, 0.2) is 209 Å². The third-order valence-electron chi connectivity index (χ3n) is 13.8. The number of nitrogens with zero attached hydrogens (tertiary/aromatic N) is 1. The van der Waals surface area contributed by atoms with Gasteiger partial charge in [-0.05, 0) is 116 Å². The molecule has 0 bridgehead atoms. The summed E-state index contributed by atoms with van der Waals surface area (Å²) >= 11 is 0. The number of anilines is 3. The molecule has 2 aliphatic rings. The summed E-state index contributed by atoms with van der Waals surface area (Å²) in [5.74, 6) is 0. The fraction of sp³-hybridized carbons (Fsp3) is 0.0690. The molecule has 0 amide bonds. The first-order valence-electron chi connectivity index (χ1n) is 21.2. The van der Waals surface area contributed by atoms with E-state index in [0.717, 1.165) is 72.1 Å². The number of fused-ring (bicyclic) bond motifs is 15. The van der Waals surface area contributed by atoms with Crippen LogP contribution < -0.4 is 4.90 Å². The number of hydrogen-bond acceptors (Lipinski definition) is 3. The summed E-state index contributed by atoms with van der Waals surface area (Å²) in [7, 11) is 0. The van der Waals surface area contributed by atoms with E-state index in [4.69, 9.17) is 8.83 Å². The Morgan fingerprint density at radius 1 is 0.344 bits per heavy atom. The molecule has 3 heteroatoms. The molecule has 1 spiro atoms. The Bertz CT molecular complexity index is 3530. The Labute approximate surface area is 353 Å². The molecular weight excluding hydrogens is 743 g/mol. The molecule has 9 aromatic carbocycles. The molecule has 2 aliphatic carbocycles. The maximum Gasteiger partial charge on any atom is 0.136 e. The summed E-state index contributed by atoms with van der Waals surface area (Å²) in [5, 5.41) is 4.47. The lowest BCUT2D eigenvalue weighted by molar-refractivity contribution is 0.563. The summed E-state index contributed by atoms with van der Waals surface area (Å²) in [4.78, 5) is 2.42. The van der Waals surface area contributed by atoms with Crippen LogP contribution in [0.4, 0.5) is 17.1 Å². The maximum absolute atomic E-state index is 6.35. The van der Waals surface area contributed by atoms with Gasteiger partial charge in [0.25, 0.3) is 0 Å². The van der Waals surface area contributed by atoms with Gasteiger partial charge in [-0.15, -0.1) is 0 Å². The minimum atomic E-state index is -0.503. The first kappa shape index (κ1) is 34.3. The zero-order valence-electron chi connectivity index (χ0n) is 33.8. The average Bonchev–Trinajstić information content (AvgIpc) is 3.97. The molecule has 2 aromatic heterocycles. The number of rotatable bonds is 4. The second kappa shape index (κ2) is 12.5. The molecule has 0 N–H and O–H groups in total. The fourth-order valence-corrected chi connectivity index (χ4v) is 11.1. The van der Waals surface area contributed by atoms with E-state index < -0.39 is 5.41 Å². The number of hydrogen-bond donors (Lipinski definition) is 0. The smallest absolute Gasteiger partial charge is 0.136 e. The normalized spacial score (nSPS) is 14.3. The van der Waals surface area contributed by atoms with E-state index in [9.17, 15) is 0 Å². The van der Waals surface area contributed by atoms with Crippen molar-refractivity contribution in [1.29, 1.82) is 0 Å². The van der Waals surface area contributed by atoms with Gasteiger partial charge in [-0.25, -0.2) is 0 Å². The standard InChI is InChI=1S/C58H39NO2/c1-57(2)47-19-7-9-21-49(47)58(50-22-10-8-20-48(50)57)46-18-6-3-14-41(46)42-32-30-39(35-51(42)58)59(38-31-33-54-45(34-38)43-15-4-11-23-52(43)60-54)37-28-26-36(27-29-37)40-17-13-25-55-56(40)44-16-5-12-24-53(44)61-55/h3-35H,1-2H3. The van der Waals surface area contributed by atoms with E-state index in [0.29, 0.717) is 0 Å².